The number of esters is 1. The second-order valence-corrected chi connectivity index (χ2v) is 6.53. The molecule has 0 spiro atoms. The number of benzene rings is 2. The quantitative estimate of drug-likeness (QED) is 0.583. The molecule has 0 aliphatic heterocycles. The molecule has 6 heteroatoms. The van der Waals surface area contributed by atoms with Gasteiger partial charge in [0, 0.05) is 10.6 Å². The van der Waals surface area contributed by atoms with Gasteiger partial charge in [0.05, 0.1) is 7.11 Å². The van der Waals surface area contributed by atoms with Gasteiger partial charge < -0.3 is 14.8 Å². The summed E-state index contributed by atoms with van der Waals surface area (Å²) in [6.45, 7) is 3.60. The zero-order chi connectivity index (χ0) is 19.1. The third-order valence-corrected chi connectivity index (χ3v) is 4.64. The predicted octanol–water partition coefficient (Wildman–Crippen LogP) is 4.16. The topological polar surface area (TPSA) is 64.6 Å². The summed E-state index contributed by atoms with van der Waals surface area (Å²) in [6.07, 6.45) is 1.93. The van der Waals surface area contributed by atoms with Crippen LogP contribution in [-0.4, -0.2) is 31.3 Å². The van der Waals surface area contributed by atoms with Crippen LogP contribution in [0.1, 0.15) is 29.8 Å². The van der Waals surface area contributed by atoms with E-state index in [0.717, 1.165) is 11.3 Å². The van der Waals surface area contributed by atoms with Crippen LogP contribution >= 0.6 is 11.8 Å². The standard InChI is InChI=1S/C20H23NO4S/c1-5-14-6-8-15(9-7-14)21-19(22)13(2)25-20(23)17-11-10-16(26-4)12-18(17)24-3/h6-13H,5H2,1-4H3,(H,21,22). The molecule has 0 heterocycles. The van der Waals surface area contributed by atoms with Crippen molar-refractivity contribution >= 4 is 29.3 Å². The van der Waals surface area contributed by atoms with Crippen LogP contribution in [0, 0.1) is 0 Å². The molecule has 26 heavy (non-hydrogen) atoms. The number of ether oxygens (including phenoxy) is 2. The maximum absolute atomic E-state index is 12.4. The minimum atomic E-state index is -0.932. The van der Waals surface area contributed by atoms with Crippen molar-refractivity contribution in [3.63, 3.8) is 0 Å². The molecular weight excluding hydrogens is 350 g/mol. The number of hydrogen-bond acceptors (Lipinski definition) is 5. The van der Waals surface area contributed by atoms with E-state index in [9.17, 15) is 9.59 Å². The van der Waals surface area contributed by atoms with Gasteiger partial charge in [-0.2, -0.15) is 0 Å². The number of thioether (sulfide) groups is 1. The van der Waals surface area contributed by atoms with Gasteiger partial charge in [-0.15, -0.1) is 11.8 Å². The molecule has 0 aliphatic carbocycles. The Morgan fingerprint density at radius 3 is 2.42 bits per heavy atom. The number of carbonyl (C=O) groups excluding carboxylic acids is 2. The van der Waals surface area contributed by atoms with Crippen molar-refractivity contribution in [3.8, 4) is 5.75 Å². The number of rotatable bonds is 7. The highest BCUT2D eigenvalue weighted by molar-refractivity contribution is 7.98. The van der Waals surface area contributed by atoms with Gasteiger partial charge in [-0.1, -0.05) is 19.1 Å². The zero-order valence-electron chi connectivity index (χ0n) is 15.4. The van der Waals surface area contributed by atoms with E-state index in [2.05, 4.69) is 12.2 Å². The fourth-order valence-electron chi connectivity index (χ4n) is 2.31. The number of anilines is 1. The lowest BCUT2D eigenvalue weighted by atomic mass is 10.1. The summed E-state index contributed by atoms with van der Waals surface area (Å²) in [4.78, 5) is 25.6. The summed E-state index contributed by atoms with van der Waals surface area (Å²) in [6, 6.07) is 12.8. The van der Waals surface area contributed by atoms with E-state index in [1.165, 1.54) is 19.6 Å². The van der Waals surface area contributed by atoms with Gasteiger partial charge in [-0.05, 0) is 55.5 Å². The number of methoxy groups -OCH3 is 1. The summed E-state index contributed by atoms with van der Waals surface area (Å²) in [5.41, 5.74) is 2.14. The SMILES string of the molecule is CCc1ccc(NC(=O)C(C)OC(=O)c2ccc(SC)cc2OC)cc1. The fourth-order valence-corrected chi connectivity index (χ4v) is 2.74. The van der Waals surface area contributed by atoms with Crippen LogP contribution in [0.3, 0.4) is 0 Å². The van der Waals surface area contributed by atoms with Gasteiger partial charge >= 0.3 is 5.97 Å². The zero-order valence-corrected chi connectivity index (χ0v) is 16.2. The summed E-state index contributed by atoms with van der Waals surface area (Å²) in [5, 5.41) is 2.75. The first kappa shape index (κ1) is 19.8. The van der Waals surface area contributed by atoms with E-state index in [1.807, 2.05) is 36.6 Å². The fraction of sp³-hybridized carbons (Fsp3) is 0.300. The van der Waals surface area contributed by atoms with Gasteiger partial charge in [-0.25, -0.2) is 4.79 Å². The Hall–Kier alpha value is -2.47. The summed E-state index contributed by atoms with van der Waals surface area (Å²) < 4.78 is 10.5. The molecule has 0 fully saturated rings. The molecule has 1 N–H and O–H groups in total. The maximum atomic E-state index is 12.4. The molecule has 2 rings (SSSR count). The van der Waals surface area contributed by atoms with E-state index in [0.29, 0.717) is 11.4 Å². The van der Waals surface area contributed by atoms with Crippen LogP contribution in [0.15, 0.2) is 47.4 Å². The second kappa shape index (κ2) is 9.29. The van der Waals surface area contributed by atoms with Crippen molar-refractivity contribution in [3.05, 3.63) is 53.6 Å². The Labute approximate surface area is 158 Å². The van der Waals surface area contributed by atoms with E-state index in [4.69, 9.17) is 9.47 Å². The van der Waals surface area contributed by atoms with Gasteiger partial charge in [-0.3, -0.25) is 4.79 Å². The van der Waals surface area contributed by atoms with Crippen molar-refractivity contribution in [2.45, 2.75) is 31.3 Å². The lowest BCUT2D eigenvalue weighted by Gasteiger charge is -2.15. The predicted molar refractivity (Wildman–Crippen MR) is 104 cm³/mol. The molecule has 138 valence electrons. The van der Waals surface area contributed by atoms with Crippen LogP contribution in [0.5, 0.6) is 5.75 Å². The van der Waals surface area contributed by atoms with Crippen molar-refractivity contribution in [1.82, 2.24) is 0 Å². The normalized spacial score (nSPS) is 11.5. The average Bonchev–Trinajstić information content (AvgIpc) is 2.67. The molecule has 1 unspecified atom stereocenters. The van der Waals surface area contributed by atoms with E-state index >= 15 is 0 Å². The maximum Gasteiger partial charge on any atom is 0.342 e. The van der Waals surface area contributed by atoms with E-state index in [-0.39, 0.29) is 11.5 Å². The molecule has 0 aromatic heterocycles. The molecule has 2 aromatic carbocycles. The minimum absolute atomic E-state index is 0.289. The molecule has 1 atom stereocenters. The Kier molecular flexibility index (Phi) is 7.09. The molecule has 2 aromatic rings. The largest absolute Gasteiger partial charge is 0.496 e. The average molecular weight is 373 g/mol. The highest BCUT2D eigenvalue weighted by atomic mass is 32.2. The summed E-state index contributed by atoms with van der Waals surface area (Å²) in [7, 11) is 1.49. The molecule has 0 bridgehead atoms. The minimum Gasteiger partial charge on any atom is -0.496 e. The molecule has 0 saturated carbocycles. The lowest BCUT2D eigenvalue weighted by Crippen LogP contribution is -2.30. The number of amides is 1. The van der Waals surface area contributed by atoms with Crippen molar-refractivity contribution < 1.29 is 19.1 Å². The first-order valence-electron chi connectivity index (χ1n) is 8.31. The Morgan fingerprint density at radius 2 is 1.85 bits per heavy atom. The van der Waals surface area contributed by atoms with Gasteiger partial charge in [0.15, 0.2) is 6.10 Å². The summed E-state index contributed by atoms with van der Waals surface area (Å²) in [5.74, 6) is -0.564. The number of nitrogens with one attached hydrogen (secondary N) is 1. The monoisotopic (exact) mass is 373 g/mol. The first-order chi connectivity index (χ1) is 12.5. The van der Waals surface area contributed by atoms with Crippen molar-refractivity contribution in [2.24, 2.45) is 0 Å². The third-order valence-electron chi connectivity index (χ3n) is 3.91. The Balaban J connectivity index is 2.02. The smallest absolute Gasteiger partial charge is 0.342 e. The van der Waals surface area contributed by atoms with Crippen LogP contribution in [0.25, 0.3) is 0 Å². The molecule has 0 aliphatic rings. The number of aryl methyl sites for hydroxylation is 1. The number of carbonyl (C=O) groups is 2. The lowest BCUT2D eigenvalue weighted by molar-refractivity contribution is -0.123. The molecular formula is C20H23NO4S. The van der Waals surface area contributed by atoms with Crippen LogP contribution in [-0.2, 0) is 16.0 Å². The highest BCUT2D eigenvalue weighted by Gasteiger charge is 2.21. The van der Waals surface area contributed by atoms with Crippen molar-refractivity contribution in [2.75, 3.05) is 18.7 Å². The van der Waals surface area contributed by atoms with E-state index < -0.39 is 12.1 Å². The van der Waals surface area contributed by atoms with E-state index in [1.54, 1.807) is 23.9 Å². The molecule has 0 radical (unpaired) electrons. The molecule has 1 amide bonds. The first-order valence-corrected chi connectivity index (χ1v) is 9.53. The van der Waals surface area contributed by atoms with Gasteiger partial charge in [0.2, 0.25) is 0 Å². The van der Waals surface area contributed by atoms with Crippen LogP contribution in [0.4, 0.5) is 5.69 Å². The Bertz CT molecular complexity index is 774. The molecule has 5 nitrogen and oxygen atoms in total. The van der Waals surface area contributed by atoms with Gasteiger partial charge in [0.1, 0.15) is 11.3 Å². The van der Waals surface area contributed by atoms with Crippen LogP contribution < -0.4 is 10.1 Å². The second-order valence-electron chi connectivity index (χ2n) is 5.65. The van der Waals surface area contributed by atoms with Gasteiger partial charge in [0.25, 0.3) is 5.91 Å². The van der Waals surface area contributed by atoms with Crippen molar-refractivity contribution in [1.29, 1.82) is 0 Å². The highest BCUT2D eigenvalue weighted by Crippen LogP contribution is 2.26. The molecule has 0 saturated heterocycles. The third kappa shape index (κ3) is 5.02. The van der Waals surface area contributed by atoms with Crippen LogP contribution in [0.2, 0.25) is 0 Å². The summed E-state index contributed by atoms with van der Waals surface area (Å²) >= 11 is 1.55. The Morgan fingerprint density at radius 1 is 1.15 bits per heavy atom. The number of hydrogen-bond donors (Lipinski definition) is 1.